The average molecular weight is 325 g/mol. The maximum atomic E-state index is 12.4. The van der Waals surface area contributed by atoms with Gasteiger partial charge < -0.3 is 10.1 Å². The largest absolute Gasteiger partial charge is 0.496 e. The smallest absolute Gasteiger partial charge is 0.224 e. The van der Waals surface area contributed by atoms with Gasteiger partial charge in [-0.05, 0) is 43.2 Å². The Morgan fingerprint density at radius 2 is 1.75 bits per heavy atom. The van der Waals surface area contributed by atoms with Gasteiger partial charge in [0.05, 0.1) is 12.7 Å². The van der Waals surface area contributed by atoms with Crippen LogP contribution in [0.2, 0.25) is 0 Å². The number of ketones is 1. The first-order valence-electron chi connectivity index (χ1n) is 8.10. The van der Waals surface area contributed by atoms with Crippen LogP contribution >= 0.6 is 0 Å². The number of nitrogens with one attached hydrogen (secondary N) is 1. The number of hydrogen-bond donors (Lipinski definition) is 1. The number of carbonyl (C=O) groups is 2. The van der Waals surface area contributed by atoms with Gasteiger partial charge in [-0.15, -0.1) is 0 Å². The van der Waals surface area contributed by atoms with Crippen LogP contribution in [0.15, 0.2) is 42.5 Å². The van der Waals surface area contributed by atoms with Crippen LogP contribution in [0.5, 0.6) is 5.75 Å². The predicted octanol–water partition coefficient (Wildman–Crippen LogP) is 4.17. The molecule has 4 nitrogen and oxygen atoms in total. The Bertz CT molecular complexity index is 720. The molecule has 0 aromatic heterocycles. The lowest BCUT2D eigenvalue weighted by Gasteiger charge is -2.09. The summed E-state index contributed by atoms with van der Waals surface area (Å²) in [6.45, 7) is 4.00. The van der Waals surface area contributed by atoms with Gasteiger partial charge in [0.25, 0.3) is 0 Å². The number of amides is 1. The summed E-state index contributed by atoms with van der Waals surface area (Å²) in [5, 5.41) is 2.82. The van der Waals surface area contributed by atoms with Crippen molar-refractivity contribution in [3.63, 3.8) is 0 Å². The lowest BCUT2D eigenvalue weighted by molar-refractivity contribution is -0.116. The SMILES string of the molecule is CCc1ccc(NC(=O)CCC(=O)c2cc(C)ccc2OC)cc1. The van der Waals surface area contributed by atoms with Gasteiger partial charge >= 0.3 is 0 Å². The van der Waals surface area contributed by atoms with Gasteiger partial charge in [-0.1, -0.05) is 30.7 Å². The molecular weight excluding hydrogens is 302 g/mol. The highest BCUT2D eigenvalue weighted by Gasteiger charge is 2.14. The van der Waals surface area contributed by atoms with Crippen molar-refractivity contribution in [3.8, 4) is 5.75 Å². The quantitative estimate of drug-likeness (QED) is 0.777. The van der Waals surface area contributed by atoms with Crippen LogP contribution in [-0.2, 0) is 11.2 Å². The van der Waals surface area contributed by atoms with Gasteiger partial charge in [-0.2, -0.15) is 0 Å². The van der Waals surface area contributed by atoms with Crippen LogP contribution in [0.3, 0.4) is 0 Å². The molecule has 1 amide bonds. The molecule has 0 fully saturated rings. The Morgan fingerprint density at radius 1 is 1.04 bits per heavy atom. The van der Waals surface area contributed by atoms with E-state index in [0.717, 1.165) is 17.7 Å². The zero-order valence-corrected chi connectivity index (χ0v) is 14.4. The minimum atomic E-state index is -0.167. The number of rotatable bonds is 7. The van der Waals surface area contributed by atoms with E-state index in [1.807, 2.05) is 37.3 Å². The predicted molar refractivity (Wildman–Crippen MR) is 95.7 cm³/mol. The summed E-state index contributed by atoms with van der Waals surface area (Å²) >= 11 is 0. The number of methoxy groups -OCH3 is 1. The first-order chi connectivity index (χ1) is 11.5. The van der Waals surface area contributed by atoms with Crippen molar-refractivity contribution in [2.75, 3.05) is 12.4 Å². The zero-order valence-electron chi connectivity index (χ0n) is 14.4. The van der Waals surface area contributed by atoms with Crippen molar-refractivity contribution in [1.29, 1.82) is 0 Å². The van der Waals surface area contributed by atoms with E-state index in [1.54, 1.807) is 12.1 Å². The third-order valence-corrected chi connectivity index (χ3v) is 3.88. The number of hydrogen-bond acceptors (Lipinski definition) is 3. The second kappa shape index (κ2) is 8.29. The Morgan fingerprint density at radius 3 is 2.38 bits per heavy atom. The third kappa shape index (κ3) is 4.69. The van der Waals surface area contributed by atoms with E-state index in [4.69, 9.17) is 4.74 Å². The lowest BCUT2D eigenvalue weighted by atomic mass is 10.0. The minimum Gasteiger partial charge on any atom is -0.496 e. The summed E-state index contributed by atoms with van der Waals surface area (Å²) in [6.07, 6.45) is 1.26. The van der Waals surface area contributed by atoms with Gasteiger partial charge in [-0.25, -0.2) is 0 Å². The topological polar surface area (TPSA) is 55.4 Å². The van der Waals surface area contributed by atoms with Crippen molar-refractivity contribution in [3.05, 3.63) is 59.2 Å². The number of carbonyl (C=O) groups excluding carboxylic acids is 2. The summed E-state index contributed by atoms with van der Waals surface area (Å²) < 4.78 is 5.22. The molecule has 1 N–H and O–H groups in total. The van der Waals surface area contributed by atoms with Crippen molar-refractivity contribution in [2.45, 2.75) is 33.1 Å². The van der Waals surface area contributed by atoms with E-state index in [-0.39, 0.29) is 24.5 Å². The van der Waals surface area contributed by atoms with Gasteiger partial charge in [0.2, 0.25) is 5.91 Å². The molecule has 0 atom stereocenters. The third-order valence-electron chi connectivity index (χ3n) is 3.88. The standard InChI is InChI=1S/C20H23NO3/c1-4-15-6-8-16(9-7-15)21-20(23)12-10-18(22)17-13-14(2)5-11-19(17)24-3/h5-9,11,13H,4,10,12H2,1-3H3,(H,21,23). The van der Waals surface area contributed by atoms with Crippen molar-refractivity contribution < 1.29 is 14.3 Å². The van der Waals surface area contributed by atoms with Crippen LogP contribution in [0.4, 0.5) is 5.69 Å². The summed E-state index contributed by atoms with van der Waals surface area (Å²) in [6, 6.07) is 13.2. The maximum Gasteiger partial charge on any atom is 0.224 e. The van der Waals surface area contributed by atoms with E-state index in [0.29, 0.717) is 11.3 Å². The second-order valence-corrected chi connectivity index (χ2v) is 5.73. The molecule has 0 aliphatic rings. The molecule has 0 unspecified atom stereocenters. The first-order valence-corrected chi connectivity index (χ1v) is 8.10. The van der Waals surface area contributed by atoms with Crippen LogP contribution in [-0.4, -0.2) is 18.8 Å². The second-order valence-electron chi connectivity index (χ2n) is 5.73. The van der Waals surface area contributed by atoms with Crippen molar-refractivity contribution >= 4 is 17.4 Å². The molecule has 0 saturated carbocycles. The highest BCUT2D eigenvalue weighted by molar-refractivity contribution is 6.01. The molecule has 0 saturated heterocycles. The highest BCUT2D eigenvalue weighted by Crippen LogP contribution is 2.22. The van der Waals surface area contributed by atoms with E-state index in [2.05, 4.69) is 12.2 Å². The molecule has 126 valence electrons. The summed E-state index contributed by atoms with van der Waals surface area (Å²) in [5.41, 5.74) is 3.48. The molecule has 2 aromatic carbocycles. The van der Waals surface area contributed by atoms with Crippen LogP contribution in [0.1, 0.15) is 41.3 Å². The first kappa shape index (κ1) is 17.7. The molecule has 0 heterocycles. The number of anilines is 1. The Balaban J connectivity index is 1.93. The molecule has 0 aliphatic carbocycles. The molecule has 0 radical (unpaired) electrons. The number of aryl methyl sites for hydroxylation is 2. The van der Waals surface area contributed by atoms with E-state index in [1.165, 1.54) is 12.7 Å². The van der Waals surface area contributed by atoms with Gasteiger partial charge in [0.1, 0.15) is 5.75 Å². The number of benzene rings is 2. The van der Waals surface area contributed by atoms with Crippen LogP contribution < -0.4 is 10.1 Å². The van der Waals surface area contributed by atoms with Gasteiger partial charge in [-0.3, -0.25) is 9.59 Å². The van der Waals surface area contributed by atoms with Crippen molar-refractivity contribution in [2.24, 2.45) is 0 Å². The van der Waals surface area contributed by atoms with E-state index < -0.39 is 0 Å². The maximum absolute atomic E-state index is 12.4. The average Bonchev–Trinajstić information content (AvgIpc) is 2.60. The zero-order chi connectivity index (χ0) is 17.5. The summed E-state index contributed by atoms with van der Waals surface area (Å²) in [7, 11) is 1.54. The lowest BCUT2D eigenvalue weighted by Crippen LogP contribution is -2.14. The summed E-state index contributed by atoms with van der Waals surface area (Å²) in [5.74, 6) is 0.285. The molecule has 2 aromatic rings. The van der Waals surface area contributed by atoms with Crippen molar-refractivity contribution in [1.82, 2.24) is 0 Å². The Kier molecular flexibility index (Phi) is 6.13. The Hall–Kier alpha value is -2.62. The van der Waals surface area contributed by atoms with Gasteiger partial charge in [0.15, 0.2) is 5.78 Å². The number of ether oxygens (including phenoxy) is 1. The molecule has 0 bridgehead atoms. The molecular formula is C20H23NO3. The van der Waals surface area contributed by atoms with Crippen LogP contribution in [0.25, 0.3) is 0 Å². The normalized spacial score (nSPS) is 10.3. The number of Topliss-reactive ketones (excluding diaryl/α,β-unsaturated/α-hetero) is 1. The fourth-order valence-corrected chi connectivity index (χ4v) is 2.45. The molecule has 0 spiro atoms. The van der Waals surface area contributed by atoms with Gasteiger partial charge in [0, 0.05) is 18.5 Å². The fourth-order valence-electron chi connectivity index (χ4n) is 2.45. The summed E-state index contributed by atoms with van der Waals surface area (Å²) in [4.78, 5) is 24.4. The minimum absolute atomic E-state index is 0.0907. The fraction of sp³-hybridized carbons (Fsp3) is 0.300. The van der Waals surface area contributed by atoms with E-state index in [9.17, 15) is 9.59 Å². The molecule has 4 heteroatoms. The molecule has 0 aliphatic heterocycles. The van der Waals surface area contributed by atoms with E-state index >= 15 is 0 Å². The molecule has 2 rings (SSSR count). The molecule has 24 heavy (non-hydrogen) atoms. The highest BCUT2D eigenvalue weighted by atomic mass is 16.5. The Labute approximate surface area is 142 Å². The monoisotopic (exact) mass is 325 g/mol. The van der Waals surface area contributed by atoms with Crippen LogP contribution in [0, 0.1) is 6.92 Å².